The van der Waals surface area contributed by atoms with E-state index in [-0.39, 0.29) is 0 Å². The number of esters is 1. The molecule has 1 saturated carbocycles. The lowest BCUT2D eigenvalue weighted by atomic mass is 10.1. The summed E-state index contributed by atoms with van der Waals surface area (Å²) < 4.78 is 36.2. The van der Waals surface area contributed by atoms with Gasteiger partial charge >= 0.3 is 5.97 Å². The van der Waals surface area contributed by atoms with Gasteiger partial charge in [-0.3, -0.25) is 4.79 Å². The van der Waals surface area contributed by atoms with E-state index in [0.29, 0.717) is 17.1 Å². The highest BCUT2D eigenvalue weighted by molar-refractivity contribution is 5.78. The minimum absolute atomic E-state index is 0.450. The van der Waals surface area contributed by atoms with Crippen LogP contribution < -0.4 is 4.74 Å². The van der Waals surface area contributed by atoms with Crippen LogP contribution in [0.15, 0.2) is 66.8 Å². The van der Waals surface area contributed by atoms with Crippen molar-refractivity contribution in [2.45, 2.75) is 20.0 Å². The number of allylic oxidation sites excluding steroid dienone is 1. The molecule has 0 radical (unpaired) electrons. The number of carbonyl (C=O) groups is 1. The molecule has 0 spiro atoms. The van der Waals surface area contributed by atoms with E-state index in [2.05, 4.69) is 0 Å². The molecule has 144 valence electrons. The topological polar surface area (TPSA) is 59.3 Å². The molecule has 0 N–H and O–H groups in total. The van der Waals surface area contributed by atoms with Gasteiger partial charge in [0.05, 0.1) is 5.92 Å². The summed E-state index contributed by atoms with van der Waals surface area (Å²) in [6.45, 7) is 3.44. The molecule has 6 heteroatoms. The maximum atomic E-state index is 12.6. The molecule has 3 atom stereocenters. The van der Waals surface area contributed by atoms with Crippen LogP contribution in [0.4, 0.5) is 8.78 Å². The first-order valence-corrected chi connectivity index (χ1v) is 8.78. The number of ether oxygens (including phenoxy) is 2. The van der Waals surface area contributed by atoms with Crippen molar-refractivity contribution in [1.29, 1.82) is 5.26 Å². The Kier molecular flexibility index (Phi) is 5.46. The second kappa shape index (κ2) is 7.81. The summed E-state index contributed by atoms with van der Waals surface area (Å²) in [5.41, 5.74) is -0.176. The number of nitrogens with zero attached hydrogens (tertiary/aromatic N) is 1. The number of hydrogen-bond acceptors (Lipinski definition) is 4. The number of para-hydroxylation sites is 1. The van der Waals surface area contributed by atoms with Crippen molar-refractivity contribution in [2.75, 3.05) is 0 Å². The lowest BCUT2D eigenvalue weighted by Gasteiger charge is -2.13. The SMILES string of the molecule is CC1(C)[C@H](C(=O)OC(C#N)c2cccc(Oc3ccccc3)c2)[C@@H]1C=C(F)F. The Morgan fingerprint density at radius 1 is 1.14 bits per heavy atom. The summed E-state index contributed by atoms with van der Waals surface area (Å²) in [5, 5.41) is 9.45. The normalized spacial score (nSPS) is 20.4. The van der Waals surface area contributed by atoms with Gasteiger partial charge in [-0.2, -0.15) is 14.0 Å². The van der Waals surface area contributed by atoms with Gasteiger partial charge in [0.25, 0.3) is 6.08 Å². The van der Waals surface area contributed by atoms with Crippen LogP contribution in [0.3, 0.4) is 0 Å². The van der Waals surface area contributed by atoms with Gasteiger partial charge in [0.15, 0.2) is 0 Å². The number of benzene rings is 2. The van der Waals surface area contributed by atoms with Crippen LogP contribution in [0, 0.1) is 28.6 Å². The van der Waals surface area contributed by atoms with Crippen molar-refractivity contribution >= 4 is 5.97 Å². The molecule has 1 unspecified atom stereocenters. The molecule has 3 rings (SSSR count). The molecular formula is C22H19F2NO3. The third-order valence-corrected chi connectivity index (χ3v) is 4.96. The van der Waals surface area contributed by atoms with Crippen molar-refractivity contribution in [1.82, 2.24) is 0 Å². The maximum Gasteiger partial charge on any atom is 0.311 e. The van der Waals surface area contributed by atoms with Crippen molar-refractivity contribution in [2.24, 2.45) is 17.3 Å². The number of nitriles is 1. The summed E-state index contributed by atoms with van der Waals surface area (Å²) in [7, 11) is 0. The highest BCUT2D eigenvalue weighted by Gasteiger charge is 2.62. The zero-order chi connectivity index (χ0) is 20.3. The fourth-order valence-electron chi connectivity index (χ4n) is 3.30. The fourth-order valence-corrected chi connectivity index (χ4v) is 3.30. The van der Waals surface area contributed by atoms with E-state index < -0.39 is 35.4 Å². The van der Waals surface area contributed by atoms with E-state index in [1.54, 1.807) is 50.2 Å². The molecule has 0 saturated heterocycles. The van der Waals surface area contributed by atoms with Gasteiger partial charge < -0.3 is 9.47 Å². The predicted octanol–water partition coefficient (Wildman–Crippen LogP) is 5.64. The van der Waals surface area contributed by atoms with E-state index in [0.717, 1.165) is 6.08 Å². The molecule has 0 aliphatic heterocycles. The minimum atomic E-state index is -1.82. The van der Waals surface area contributed by atoms with Crippen molar-refractivity contribution in [3.8, 4) is 17.6 Å². The fraction of sp³-hybridized carbons (Fsp3) is 0.273. The highest BCUT2D eigenvalue weighted by atomic mass is 19.3. The Balaban J connectivity index is 1.72. The summed E-state index contributed by atoms with van der Waals surface area (Å²) in [6, 6.07) is 17.7. The van der Waals surface area contributed by atoms with Crippen LogP contribution in [0.1, 0.15) is 25.5 Å². The molecule has 0 amide bonds. The average Bonchev–Trinajstić information content (AvgIpc) is 3.20. The molecule has 28 heavy (non-hydrogen) atoms. The molecule has 4 nitrogen and oxygen atoms in total. The summed E-state index contributed by atoms with van der Waals surface area (Å²) >= 11 is 0. The quantitative estimate of drug-likeness (QED) is 0.606. The lowest BCUT2D eigenvalue weighted by molar-refractivity contribution is -0.149. The lowest BCUT2D eigenvalue weighted by Crippen LogP contribution is -2.14. The standard InChI is InChI=1S/C22H19F2NO3/c1-22(2)17(12-19(23)24)20(22)21(26)28-18(13-25)14-7-6-10-16(11-14)27-15-8-4-3-5-9-15/h3-12,17-18,20H,1-2H3/t17-,18?,20-/m0/s1. The Morgan fingerprint density at radius 2 is 1.82 bits per heavy atom. The second-order valence-electron chi connectivity index (χ2n) is 7.21. The first-order chi connectivity index (χ1) is 13.3. The Morgan fingerprint density at radius 3 is 2.46 bits per heavy atom. The van der Waals surface area contributed by atoms with E-state index in [1.807, 2.05) is 24.3 Å². The summed E-state index contributed by atoms with van der Waals surface area (Å²) in [5.74, 6) is -0.834. The number of hydrogen-bond donors (Lipinski definition) is 0. The zero-order valence-corrected chi connectivity index (χ0v) is 15.4. The van der Waals surface area contributed by atoms with Gasteiger partial charge in [0.2, 0.25) is 6.10 Å². The van der Waals surface area contributed by atoms with Crippen LogP contribution in [-0.2, 0) is 9.53 Å². The average molecular weight is 383 g/mol. The molecule has 2 aromatic rings. The molecule has 0 aromatic heterocycles. The third kappa shape index (κ3) is 4.20. The van der Waals surface area contributed by atoms with Crippen LogP contribution in [0.2, 0.25) is 0 Å². The predicted molar refractivity (Wildman–Crippen MR) is 98.5 cm³/mol. The van der Waals surface area contributed by atoms with Gasteiger partial charge in [0.1, 0.15) is 17.6 Å². The maximum absolute atomic E-state index is 12.6. The summed E-state index contributed by atoms with van der Waals surface area (Å²) in [4.78, 5) is 12.5. The van der Waals surface area contributed by atoms with Crippen molar-refractivity contribution < 1.29 is 23.0 Å². The third-order valence-electron chi connectivity index (χ3n) is 4.96. The first-order valence-electron chi connectivity index (χ1n) is 8.78. The van der Waals surface area contributed by atoms with Crippen LogP contribution in [-0.4, -0.2) is 5.97 Å². The second-order valence-corrected chi connectivity index (χ2v) is 7.21. The Bertz CT molecular complexity index is 930. The Labute approximate surface area is 162 Å². The minimum Gasteiger partial charge on any atom is -0.457 e. The van der Waals surface area contributed by atoms with E-state index >= 15 is 0 Å². The number of rotatable bonds is 6. The van der Waals surface area contributed by atoms with E-state index in [1.165, 1.54) is 0 Å². The number of carbonyl (C=O) groups excluding carboxylic acids is 1. The molecule has 1 aliphatic carbocycles. The van der Waals surface area contributed by atoms with Crippen LogP contribution in [0.25, 0.3) is 0 Å². The van der Waals surface area contributed by atoms with Crippen molar-refractivity contribution in [3.05, 3.63) is 72.3 Å². The van der Waals surface area contributed by atoms with E-state index in [9.17, 15) is 18.8 Å². The number of halogens is 2. The van der Waals surface area contributed by atoms with Crippen molar-refractivity contribution in [3.63, 3.8) is 0 Å². The molecule has 2 aromatic carbocycles. The van der Waals surface area contributed by atoms with Gasteiger partial charge in [-0.25, -0.2) is 0 Å². The molecule has 0 heterocycles. The summed E-state index contributed by atoms with van der Waals surface area (Å²) in [6.07, 6.45) is -2.19. The van der Waals surface area contributed by atoms with E-state index in [4.69, 9.17) is 9.47 Å². The van der Waals surface area contributed by atoms with Gasteiger partial charge in [-0.15, -0.1) is 0 Å². The zero-order valence-electron chi connectivity index (χ0n) is 15.4. The van der Waals surface area contributed by atoms with Gasteiger partial charge in [-0.05, 0) is 35.8 Å². The Hall–Kier alpha value is -3.20. The smallest absolute Gasteiger partial charge is 0.311 e. The van der Waals surface area contributed by atoms with Crippen LogP contribution in [0.5, 0.6) is 11.5 Å². The largest absolute Gasteiger partial charge is 0.457 e. The highest BCUT2D eigenvalue weighted by Crippen LogP contribution is 2.60. The molecular weight excluding hydrogens is 364 g/mol. The molecule has 1 aliphatic rings. The van der Waals surface area contributed by atoms with Gasteiger partial charge in [0, 0.05) is 11.5 Å². The first kappa shape index (κ1) is 19.6. The molecule has 0 bridgehead atoms. The molecule has 1 fully saturated rings. The monoisotopic (exact) mass is 383 g/mol. The van der Waals surface area contributed by atoms with Gasteiger partial charge in [-0.1, -0.05) is 44.2 Å². The van der Waals surface area contributed by atoms with Crippen LogP contribution >= 0.6 is 0 Å².